The molecule has 29 heavy (non-hydrogen) atoms. The van der Waals surface area contributed by atoms with Gasteiger partial charge in [-0.15, -0.1) is 0 Å². The molecule has 1 N–H and O–H groups in total. The molecule has 0 atom stereocenters. The van der Waals surface area contributed by atoms with Crippen LogP contribution in [-0.2, 0) is 17.1 Å². The zero-order valence-corrected chi connectivity index (χ0v) is 18.5. The number of amides is 1. The van der Waals surface area contributed by atoms with Crippen molar-refractivity contribution in [1.82, 2.24) is 19.1 Å². The van der Waals surface area contributed by atoms with Crippen LogP contribution >= 0.6 is 0 Å². The third-order valence-electron chi connectivity index (χ3n) is 5.73. The molecule has 0 bridgehead atoms. The molecule has 0 aliphatic carbocycles. The van der Waals surface area contributed by atoms with Crippen molar-refractivity contribution in [2.45, 2.75) is 38.0 Å². The van der Waals surface area contributed by atoms with Crippen molar-refractivity contribution in [2.24, 2.45) is 7.05 Å². The number of likely N-dealkylation sites (tertiary alicyclic amines) is 1. The van der Waals surface area contributed by atoms with Crippen LogP contribution in [0.5, 0.6) is 0 Å². The molecule has 160 valence electrons. The number of rotatable bonds is 9. The summed E-state index contributed by atoms with van der Waals surface area (Å²) in [5.74, 6) is -0.127. The first kappa shape index (κ1) is 21.8. The largest absolute Gasteiger partial charge is 0.351 e. The lowest BCUT2D eigenvalue weighted by atomic mass is 10.2. The zero-order valence-electron chi connectivity index (χ0n) is 17.6. The van der Waals surface area contributed by atoms with E-state index in [9.17, 15) is 13.2 Å². The molecule has 0 radical (unpaired) electrons. The topological polar surface area (TPSA) is 74.7 Å². The number of carbonyl (C=O) groups excluding carboxylic acids is 1. The van der Waals surface area contributed by atoms with Crippen LogP contribution in [0.3, 0.4) is 0 Å². The average Bonchev–Trinajstić information content (AvgIpc) is 3.33. The van der Waals surface area contributed by atoms with Gasteiger partial charge in [0.2, 0.25) is 10.0 Å². The zero-order chi connectivity index (χ0) is 21.0. The molecule has 0 unspecified atom stereocenters. The number of nitrogens with zero attached hydrogens (tertiary/aromatic N) is 3. The van der Waals surface area contributed by atoms with Gasteiger partial charge in [0.15, 0.2) is 0 Å². The van der Waals surface area contributed by atoms with E-state index in [-0.39, 0.29) is 10.8 Å². The van der Waals surface area contributed by atoms with Crippen molar-refractivity contribution in [3.63, 3.8) is 0 Å². The predicted octanol–water partition coefficient (Wildman–Crippen LogP) is 2.42. The van der Waals surface area contributed by atoms with E-state index < -0.39 is 10.0 Å². The fourth-order valence-corrected chi connectivity index (χ4v) is 5.51. The first-order valence-corrected chi connectivity index (χ1v) is 11.9. The predicted molar refractivity (Wildman–Crippen MR) is 116 cm³/mol. The van der Waals surface area contributed by atoms with Crippen LogP contribution in [0, 0.1) is 0 Å². The highest BCUT2D eigenvalue weighted by Crippen LogP contribution is 2.24. The first-order valence-electron chi connectivity index (χ1n) is 10.5. The summed E-state index contributed by atoms with van der Waals surface area (Å²) in [7, 11) is -1.69. The number of aromatic nitrogens is 1. The van der Waals surface area contributed by atoms with Crippen LogP contribution < -0.4 is 5.32 Å². The molecule has 2 heterocycles. The highest BCUT2D eigenvalue weighted by atomic mass is 32.2. The van der Waals surface area contributed by atoms with Crippen LogP contribution in [0.15, 0.2) is 29.2 Å². The summed E-state index contributed by atoms with van der Waals surface area (Å²) in [5, 5.41) is 3.75. The number of nitrogens with one attached hydrogen (secondary N) is 1. The number of hydrogen-bond donors (Lipinski definition) is 1. The van der Waals surface area contributed by atoms with E-state index in [0.29, 0.717) is 25.3 Å². The normalized spacial score (nSPS) is 15.4. The van der Waals surface area contributed by atoms with Crippen molar-refractivity contribution in [2.75, 3.05) is 39.3 Å². The summed E-state index contributed by atoms with van der Waals surface area (Å²) in [6, 6.07) is 6.82. The maximum absolute atomic E-state index is 12.8. The van der Waals surface area contributed by atoms with Gasteiger partial charge in [0.25, 0.3) is 5.91 Å². The van der Waals surface area contributed by atoms with Crippen LogP contribution in [-0.4, -0.2) is 67.4 Å². The second-order valence-electron chi connectivity index (χ2n) is 7.56. The van der Waals surface area contributed by atoms with Gasteiger partial charge in [0.05, 0.1) is 4.90 Å². The third kappa shape index (κ3) is 4.65. The Hall–Kier alpha value is -1.90. The van der Waals surface area contributed by atoms with E-state index in [4.69, 9.17) is 0 Å². The first-order chi connectivity index (χ1) is 13.9. The van der Waals surface area contributed by atoms with Gasteiger partial charge in [0.1, 0.15) is 5.69 Å². The Balaban J connectivity index is 1.72. The molecule has 2 aromatic rings. The van der Waals surface area contributed by atoms with E-state index in [0.717, 1.165) is 37.0 Å². The molecule has 0 saturated carbocycles. The van der Waals surface area contributed by atoms with Gasteiger partial charge in [-0.25, -0.2) is 8.42 Å². The van der Waals surface area contributed by atoms with Crippen molar-refractivity contribution in [3.8, 4) is 0 Å². The Morgan fingerprint density at radius 1 is 1.14 bits per heavy atom. The average molecular weight is 421 g/mol. The van der Waals surface area contributed by atoms with E-state index in [1.807, 2.05) is 25.5 Å². The fraction of sp³-hybridized carbons (Fsp3) is 0.571. The van der Waals surface area contributed by atoms with Crippen molar-refractivity contribution < 1.29 is 13.2 Å². The maximum Gasteiger partial charge on any atom is 0.267 e. The van der Waals surface area contributed by atoms with E-state index in [1.165, 1.54) is 17.1 Å². The Kier molecular flexibility index (Phi) is 6.97. The minimum atomic E-state index is -3.52. The Morgan fingerprint density at radius 3 is 2.48 bits per heavy atom. The molecule has 1 fully saturated rings. The molecule has 1 saturated heterocycles. The lowest BCUT2D eigenvalue weighted by Crippen LogP contribution is -2.30. The van der Waals surface area contributed by atoms with Gasteiger partial charge in [-0.1, -0.05) is 13.8 Å². The van der Waals surface area contributed by atoms with Gasteiger partial charge >= 0.3 is 0 Å². The van der Waals surface area contributed by atoms with Crippen LogP contribution in [0.4, 0.5) is 0 Å². The van der Waals surface area contributed by atoms with Gasteiger partial charge in [-0.05, 0) is 63.2 Å². The maximum atomic E-state index is 12.8. The molecule has 1 aliphatic rings. The van der Waals surface area contributed by atoms with Crippen LogP contribution in [0.2, 0.25) is 0 Å². The molecular formula is C21H32N4O3S. The monoisotopic (exact) mass is 420 g/mol. The molecular weight excluding hydrogens is 388 g/mol. The second-order valence-corrected chi connectivity index (χ2v) is 9.49. The van der Waals surface area contributed by atoms with E-state index in [2.05, 4.69) is 10.2 Å². The number of hydrogen-bond acceptors (Lipinski definition) is 4. The minimum Gasteiger partial charge on any atom is -0.351 e. The second kappa shape index (κ2) is 9.28. The number of carbonyl (C=O) groups is 1. The molecule has 1 aromatic carbocycles. The summed E-state index contributed by atoms with van der Waals surface area (Å²) in [6.07, 6.45) is 3.48. The lowest BCUT2D eigenvalue weighted by molar-refractivity contribution is 0.0944. The quantitative estimate of drug-likeness (QED) is 0.632. The van der Waals surface area contributed by atoms with E-state index in [1.54, 1.807) is 24.3 Å². The van der Waals surface area contributed by atoms with Gasteiger partial charge < -0.3 is 14.8 Å². The molecule has 1 aliphatic heterocycles. The number of sulfonamides is 1. The summed E-state index contributed by atoms with van der Waals surface area (Å²) in [5.41, 5.74) is 1.38. The standard InChI is InChI=1S/C21H32N4O3S/c1-4-25(5-2)29(27,28)18-9-10-19-17(15-18)16-20(23(19)3)21(26)22-11-8-14-24-12-6-7-13-24/h9-10,15-16H,4-8,11-14H2,1-3H3,(H,22,26). The Morgan fingerprint density at radius 2 is 1.83 bits per heavy atom. The molecule has 1 amide bonds. The van der Waals surface area contributed by atoms with Gasteiger partial charge in [-0.3, -0.25) is 4.79 Å². The fourth-order valence-electron chi connectivity index (χ4n) is 4.02. The Labute approximate surface area is 173 Å². The summed E-state index contributed by atoms with van der Waals surface area (Å²) in [6.45, 7) is 8.49. The highest BCUT2D eigenvalue weighted by molar-refractivity contribution is 7.89. The molecule has 0 spiro atoms. The van der Waals surface area contributed by atoms with Gasteiger partial charge in [0, 0.05) is 37.6 Å². The summed E-state index contributed by atoms with van der Waals surface area (Å²) >= 11 is 0. The smallest absolute Gasteiger partial charge is 0.267 e. The van der Waals surface area contributed by atoms with Crippen molar-refractivity contribution >= 4 is 26.8 Å². The molecule has 7 nitrogen and oxygen atoms in total. The number of benzene rings is 1. The minimum absolute atomic E-state index is 0.127. The van der Waals surface area contributed by atoms with E-state index >= 15 is 0 Å². The SMILES string of the molecule is CCN(CC)S(=O)(=O)c1ccc2c(c1)cc(C(=O)NCCCN1CCCC1)n2C. The molecule has 3 rings (SSSR count). The summed E-state index contributed by atoms with van der Waals surface area (Å²) in [4.78, 5) is 15.3. The van der Waals surface area contributed by atoms with Crippen molar-refractivity contribution in [3.05, 3.63) is 30.0 Å². The lowest BCUT2D eigenvalue weighted by Gasteiger charge is -2.18. The molecule has 1 aromatic heterocycles. The highest BCUT2D eigenvalue weighted by Gasteiger charge is 2.23. The van der Waals surface area contributed by atoms with Crippen LogP contribution in [0.1, 0.15) is 43.6 Å². The molecule has 8 heteroatoms. The number of fused-ring (bicyclic) bond motifs is 1. The number of aryl methyl sites for hydroxylation is 1. The van der Waals surface area contributed by atoms with Gasteiger partial charge in [-0.2, -0.15) is 4.31 Å². The van der Waals surface area contributed by atoms with Crippen molar-refractivity contribution in [1.29, 1.82) is 0 Å². The third-order valence-corrected chi connectivity index (χ3v) is 7.77. The Bertz CT molecular complexity index is 958. The van der Waals surface area contributed by atoms with Crippen LogP contribution in [0.25, 0.3) is 10.9 Å². The summed E-state index contributed by atoms with van der Waals surface area (Å²) < 4.78 is 28.8.